The van der Waals surface area contributed by atoms with Crippen LogP contribution in [0.3, 0.4) is 0 Å². The van der Waals surface area contributed by atoms with Gasteiger partial charge in [-0.2, -0.15) is 5.10 Å². The van der Waals surface area contributed by atoms with E-state index in [1.807, 2.05) is 23.4 Å². The smallest absolute Gasteiger partial charge is 0.318 e. The summed E-state index contributed by atoms with van der Waals surface area (Å²) < 4.78 is 2.07. The van der Waals surface area contributed by atoms with Crippen molar-refractivity contribution in [3.05, 3.63) is 36.2 Å². The maximum Gasteiger partial charge on any atom is 0.318 e. The van der Waals surface area contributed by atoms with E-state index in [-0.39, 0.29) is 12.1 Å². The van der Waals surface area contributed by atoms with Crippen LogP contribution in [0.25, 0.3) is 0 Å². The van der Waals surface area contributed by atoms with Crippen molar-refractivity contribution in [3.63, 3.8) is 0 Å². The zero-order valence-electron chi connectivity index (χ0n) is 14.5. The first kappa shape index (κ1) is 16.2. The van der Waals surface area contributed by atoms with Gasteiger partial charge in [-0.05, 0) is 38.2 Å². The number of aromatic nitrogens is 4. The van der Waals surface area contributed by atoms with E-state index in [9.17, 15) is 4.79 Å². The molecule has 0 unspecified atom stereocenters. The van der Waals surface area contributed by atoms with Gasteiger partial charge in [0.2, 0.25) is 0 Å². The average molecular weight is 342 g/mol. The van der Waals surface area contributed by atoms with Gasteiger partial charge in [-0.3, -0.25) is 4.68 Å². The summed E-state index contributed by atoms with van der Waals surface area (Å²) in [6.45, 7) is 1.24. The lowest BCUT2D eigenvalue weighted by molar-refractivity contribution is 0.147. The molecule has 1 aliphatic carbocycles. The van der Waals surface area contributed by atoms with E-state index in [1.54, 1.807) is 6.20 Å². The molecule has 0 bridgehead atoms. The van der Waals surface area contributed by atoms with Crippen molar-refractivity contribution >= 4 is 6.03 Å². The summed E-state index contributed by atoms with van der Waals surface area (Å²) in [6, 6.07) is 2.56. The predicted molar refractivity (Wildman–Crippen MR) is 93.9 cm³/mol. The number of imidazole rings is 1. The van der Waals surface area contributed by atoms with Crippen LogP contribution in [0.1, 0.15) is 68.5 Å². The van der Waals surface area contributed by atoms with E-state index in [2.05, 4.69) is 25.1 Å². The number of urea groups is 1. The molecule has 25 heavy (non-hydrogen) atoms. The van der Waals surface area contributed by atoms with Crippen LogP contribution < -0.4 is 5.32 Å². The first-order valence-electron chi connectivity index (χ1n) is 9.39. The first-order chi connectivity index (χ1) is 12.3. The third-order valence-corrected chi connectivity index (χ3v) is 5.38. The molecule has 134 valence electrons. The van der Waals surface area contributed by atoms with Crippen molar-refractivity contribution in [1.29, 1.82) is 0 Å². The molecular weight excluding hydrogens is 316 g/mol. The molecule has 3 heterocycles. The van der Waals surface area contributed by atoms with Crippen LogP contribution >= 0.6 is 0 Å². The molecule has 1 aliphatic heterocycles. The van der Waals surface area contributed by atoms with Crippen molar-refractivity contribution < 1.29 is 4.79 Å². The van der Waals surface area contributed by atoms with Crippen LogP contribution in [0.5, 0.6) is 0 Å². The van der Waals surface area contributed by atoms with Gasteiger partial charge in [-0.15, -0.1) is 0 Å². The second-order valence-corrected chi connectivity index (χ2v) is 7.06. The van der Waals surface area contributed by atoms with Gasteiger partial charge in [-0.25, -0.2) is 9.78 Å². The van der Waals surface area contributed by atoms with Crippen molar-refractivity contribution in [1.82, 2.24) is 30.0 Å². The zero-order valence-corrected chi connectivity index (χ0v) is 14.5. The Balaban J connectivity index is 1.36. The second kappa shape index (κ2) is 7.29. The van der Waals surface area contributed by atoms with E-state index >= 15 is 0 Å². The Morgan fingerprint density at radius 2 is 2.08 bits per heavy atom. The fourth-order valence-corrected chi connectivity index (χ4v) is 4.03. The Kier molecular flexibility index (Phi) is 4.72. The Bertz CT molecular complexity index is 688. The predicted octanol–water partition coefficient (Wildman–Crippen LogP) is 3.16. The van der Waals surface area contributed by atoms with E-state index in [4.69, 9.17) is 0 Å². The summed E-state index contributed by atoms with van der Waals surface area (Å²) in [7, 11) is 0. The maximum atomic E-state index is 12.7. The topological polar surface area (TPSA) is 78.8 Å². The van der Waals surface area contributed by atoms with E-state index in [0.717, 1.165) is 37.3 Å². The molecule has 2 aromatic rings. The minimum Gasteiger partial charge on any atom is -0.347 e. The van der Waals surface area contributed by atoms with Crippen LogP contribution in [0.2, 0.25) is 0 Å². The Hall–Kier alpha value is -2.31. The number of rotatable bonds is 4. The molecule has 2 fully saturated rings. The number of H-pyrrole nitrogens is 1. The molecule has 0 aromatic carbocycles. The number of nitrogens with zero attached hydrogens (tertiary/aromatic N) is 4. The molecule has 1 saturated carbocycles. The molecule has 2 aliphatic rings. The van der Waals surface area contributed by atoms with Gasteiger partial charge in [0.25, 0.3) is 0 Å². The van der Waals surface area contributed by atoms with Gasteiger partial charge in [0.05, 0.1) is 24.3 Å². The molecule has 2 aromatic heterocycles. The van der Waals surface area contributed by atoms with Gasteiger partial charge in [0, 0.05) is 25.1 Å². The summed E-state index contributed by atoms with van der Waals surface area (Å²) in [5.74, 6) is 0.875. The van der Waals surface area contributed by atoms with Crippen LogP contribution in [0, 0.1) is 0 Å². The minimum atomic E-state index is -0.0310. The number of hydrogen-bond acceptors (Lipinski definition) is 3. The Morgan fingerprint density at radius 3 is 2.88 bits per heavy atom. The average Bonchev–Trinajstić information content (AvgIpc) is 3.41. The largest absolute Gasteiger partial charge is 0.347 e. The highest BCUT2D eigenvalue weighted by molar-refractivity contribution is 5.74. The lowest BCUT2D eigenvalue weighted by Gasteiger charge is -2.34. The van der Waals surface area contributed by atoms with Gasteiger partial charge < -0.3 is 15.2 Å². The fourth-order valence-electron chi connectivity index (χ4n) is 4.03. The molecule has 2 N–H and O–H groups in total. The van der Waals surface area contributed by atoms with E-state index < -0.39 is 0 Å². The fraction of sp³-hybridized carbons (Fsp3) is 0.611. The van der Waals surface area contributed by atoms with Crippen LogP contribution in [0.4, 0.5) is 4.79 Å². The molecule has 0 spiro atoms. The standard InChI is InChI=1S/C18H26N6O/c25-18(23-11-4-3-7-16(23)17-19-9-10-20-17)21-13-14-8-12-24(22-14)15-5-1-2-6-15/h8-10,12,15-16H,1-7,11,13H2,(H,19,20)(H,21,25)/t16-/m1/s1. The van der Waals surface area contributed by atoms with Gasteiger partial charge in [0.15, 0.2) is 0 Å². The Labute approximate surface area is 147 Å². The number of carbonyl (C=O) groups is 1. The quantitative estimate of drug-likeness (QED) is 0.896. The summed E-state index contributed by atoms with van der Waals surface area (Å²) in [5, 5.41) is 7.68. The molecule has 7 nitrogen and oxygen atoms in total. The van der Waals surface area contributed by atoms with Crippen molar-refractivity contribution in [2.75, 3.05) is 6.54 Å². The second-order valence-electron chi connectivity index (χ2n) is 7.06. The number of carbonyl (C=O) groups excluding carboxylic acids is 1. The minimum absolute atomic E-state index is 0.0310. The number of piperidine rings is 1. The van der Waals surface area contributed by atoms with Gasteiger partial charge >= 0.3 is 6.03 Å². The summed E-state index contributed by atoms with van der Waals surface area (Å²) in [6.07, 6.45) is 13.7. The number of amides is 2. The molecule has 1 saturated heterocycles. The normalized spacial score (nSPS) is 21.6. The van der Waals surface area contributed by atoms with Crippen molar-refractivity contribution in [2.45, 2.75) is 63.6 Å². The molecule has 4 rings (SSSR count). The van der Waals surface area contributed by atoms with Crippen molar-refractivity contribution in [2.24, 2.45) is 0 Å². The molecule has 1 atom stereocenters. The summed E-state index contributed by atoms with van der Waals surface area (Å²) in [5.41, 5.74) is 0.923. The van der Waals surface area contributed by atoms with E-state index in [0.29, 0.717) is 12.6 Å². The van der Waals surface area contributed by atoms with E-state index in [1.165, 1.54) is 25.7 Å². The number of likely N-dealkylation sites (tertiary alicyclic amines) is 1. The number of hydrogen-bond donors (Lipinski definition) is 2. The molecular formula is C18H26N6O. The monoisotopic (exact) mass is 342 g/mol. The third kappa shape index (κ3) is 3.55. The van der Waals surface area contributed by atoms with Crippen LogP contribution in [-0.2, 0) is 6.54 Å². The lowest BCUT2D eigenvalue weighted by Crippen LogP contribution is -2.44. The maximum absolute atomic E-state index is 12.7. The first-order valence-corrected chi connectivity index (χ1v) is 9.39. The Morgan fingerprint density at radius 1 is 1.24 bits per heavy atom. The molecule has 7 heteroatoms. The van der Waals surface area contributed by atoms with Gasteiger partial charge in [0.1, 0.15) is 5.82 Å². The van der Waals surface area contributed by atoms with Gasteiger partial charge in [-0.1, -0.05) is 12.8 Å². The number of nitrogens with one attached hydrogen (secondary N) is 2. The SMILES string of the molecule is O=C(NCc1ccn(C2CCCC2)n1)N1CCCC[C@@H]1c1ncc[nH]1. The van der Waals surface area contributed by atoms with Crippen LogP contribution in [0.15, 0.2) is 24.7 Å². The number of aromatic amines is 1. The molecule has 0 radical (unpaired) electrons. The van der Waals surface area contributed by atoms with Crippen molar-refractivity contribution in [3.8, 4) is 0 Å². The lowest BCUT2D eigenvalue weighted by atomic mass is 10.0. The third-order valence-electron chi connectivity index (χ3n) is 5.38. The van der Waals surface area contributed by atoms with Crippen LogP contribution in [-0.4, -0.2) is 37.2 Å². The highest BCUT2D eigenvalue weighted by atomic mass is 16.2. The summed E-state index contributed by atoms with van der Waals surface area (Å²) >= 11 is 0. The summed E-state index contributed by atoms with van der Waals surface area (Å²) in [4.78, 5) is 22.1. The highest BCUT2D eigenvalue weighted by Gasteiger charge is 2.29. The zero-order chi connectivity index (χ0) is 17.1. The highest BCUT2D eigenvalue weighted by Crippen LogP contribution is 2.29. The molecule has 2 amide bonds.